The number of benzene rings is 3. The Morgan fingerprint density at radius 3 is 1.20 bits per heavy atom. The van der Waals surface area contributed by atoms with Crippen LogP contribution in [0.3, 0.4) is 0 Å². The molecule has 0 aromatic heterocycles. The fourth-order valence-electron chi connectivity index (χ4n) is 2.74. The Labute approximate surface area is 256 Å². The Kier molecular flexibility index (Phi) is 22.9. The minimum Gasteiger partial charge on any atom is -0.508 e. The summed E-state index contributed by atoms with van der Waals surface area (Å²) in [6, 6.07) is 19.5. The Morgan fingerprint density at radius 2 is 1.02 bits per heavy atom. The molecule has 10 heteroatoms. The molecule has 0 bridgehead atoms. The van der Waals surface area contributed by atoms with Crippen LogP contribution in [-0.4, -0.2) is 53.5 Å². The predicted octanol–water partition coefficient (Wildman–Crippen LogP) is 4.70. The van der Waals surface area contributed by atoms with Gasteiger partial charge in [0, 0.05) is 66.9 Å². The summed E-state index contributed by atoms with van der Waals surface area (Å²) < 4.78 is 10.8. The third kappa shape index (κ3) is 19.7. The number of aliphatic hydroxyl groups excluding tert-OH is 1. The van der Waals surface area contributed by atoms with E-state index in [0.29, 0.717) is 43.5 Å². The van der Waals surface area contributed by atoms with E-state index < -0.39 is 0 Å². The van der Waals surface area contributed by atoms with Gasteiger partial charge in [0.1, 0.15) is 17.2 Å². The molecule has 10 N–H and O–H groups in total. The normalized spacial score (nSPS) is 9.65. The van der Waals surface area contributed by atoms with E-state index in [2.05, 4.69) is 13.2 Å². The molecular weight excluding hydrogens is 590 g/mol. The Hall–Kier alpha value is -3.30. The maximum atomic E-state index is 9.36. The molecule has 0 fully saturated rings. The van der Waals surface area contributed by atoms with Crippen molar-refractivity contribution in [3.63, 3.8) is 0 Å². The molecule has 3 aromatic rings. The SMILES string of the molecule is C=CCOCC(CC)(CO)COCC=C.Nc1cccc(O)c1.Nc1cccc(O)c1.Nc1cccc(O)c1.[Zr]. The number of ether oxygens (including phenoxy) is 2. The van der Waals surface area contributed by atoms with E-state index in [-0.39, 0.29) is 55.5 Å². The summed E-state index contributed by atoms with van der Waals surface area (Å²) in [5.41, 5.74) is 17.4. The van der Waals surface area contributed by atoms with Gasteiger partial charge in [-0.3, -0.25) is 0 Å². The number of phenolic OH excluding ortho intramolecular Hbond substituents is 3. The van der Waals surface area contributed by atoms with Gasteiger partial charge >= 0.3 is 0 Å². The number of hydrogen-bond acceptors (Lipinski definition) is 9. The van der Waals surface area contributed by atoms with Crippen molar-refractivity contribution in [3.8, 4) is 17.2 Å². The van der Waals surface area contributed by atoms with E-state index in [1.54, 1.807) is 66.7 Å². The molecule has 0 amide bonds. The summed E-state index contributed by atoms with van der Waals surface area (Å²) >= 11 is 0. The van der Waals surface area contributed by atoms with Crippen LogP contribution in [0.2, 0.25) is 0 Å². The minimum atomic E-state index is -0.300. The van der Waals surface area contributed by atoms with Crippen molar-refractivity contribution in [2.75, 3.05) is 50.2 Å². The Bertz CT molecular complexity index is 909. The van der Waals surface area contributed by atoms with E-state index in [0.717, 1.165) is 6.42 Å². The second kappa shape index (κ2) is 23.6. The first kappa shape index (κ1) is 38.8. The number of anilines is 3. The van der Waals surface area contributed by atoms with Crippen LogP contribution in [0.15, 0.2) is 98.1 Å². The zero-order valence-corrected chi connectivity index (χ0v) is 25.5. The van der Waals surface area contributed by atoms with Gasteiger partial charge < -0.3 is 47.1 Å². The van der Waals surface area contributed by atoms with Crippen molar-refractivity contribution in [3.05, 3.63) is 98.1 Å². The van der Waals surface area contributed by atoms with Gasteiger partial charge in [-0.25, -0.2) is 0 Å². The molecule has 3 aromatic carbocycles. The number of aliphatic hydroxyl groups is 1. The summed E-state index contributed by atoms with van der Waals surface area (Å²) in [7, 11) is 0. The van der Waals surface area contributed by atoms with Crippen LogP contribution in [0.1, 0.15) is 13.3 Å². The molecule has 0 saturated carbocycles. The third-order valence-electron chi connectivity index (χ3n) is 4.98. The van der Waals surface area contributed by atoms with Crippen LogP contribution >= 0.6 is 0 Å². The van der Waals surface area contributed by atoms with Gasteiger partial charge in [0.2, 0.25) is 0 Å². The molecule has 0 atom stereocenters. The van der Waals surface area contributed by atoms with Crippen molar-refractivity contribution < 1.29 is 56.1 Å². The quantitative estimate of drug-likeness (QED) is 0.0948. The van der Waals surface area contributed by atoms with Crippen LogP contribution in [0, 0.1) is 5.41 Å². The van der Waals surface area contributed by atoms with E-state index in [1.165, 1.54) is 18.2 Å². The van der Waals surface area contributed by atoms with E-state index in [4.69, 9.17) is 42.0 Å². The van der Waals surface area contributed by atoms with Crippen molar-refractivity contribution in [2.45, 2.75) is 13.3 Å². The van der Waals surface area contributed by atoms with Crippen LogP contribution < -0.4 is 17.2 Å². The zero-order chi connectivity index (χ0) is 29.5. The molecule has 0 aliphatic rings. The standard InChI is InChI=1S/C12H22O3.3C6H7NO.Zr/c1-4-7-14-10-12(6-3,9-13)11-15-8-5-2;3*7-5-2-1-3-6(8)4-5;/h4-5,13H,1-2,6-11H2,3H3;3*1-4,8H,7H2;. The summed E-state index contributed by atoms with van der Waals surface area (Å²) in [4.78, 5) is 0. The predicted molar refractivity (Wildman–Crippen MR) is 159 cm³/mol. The van der Waals surface area contributed by atoms with Crippen molar-refractivity contribution >= 4 is 17.1 Å². The molecule has 0 heterocycles. The molecule has 0 spiro atoms. The van der Waals surface area contributed by atoms with Crippen LogP contribution in [0.5, 0.6) is 17.2 Å². The van der Waals surface area contributed by atoms with Crippen molar-refractivity contribution in [1.29, 1.82) is 0 Å². The maximum absolute atomic E-state index is 9.36. The Balaban J connectivity index is 0. The molecular formula is C30H43N3O6Zr. The van der Waals surface area contributed by atoms with Gasteiger partial charge in [-0.05, 0) is 42.8 Å². The first-order chi connectivity index (χ1) is 18.6. The number of hydrogen-bond donors (Lipinski definition) is 7. The molecule has 3 rings (SSSR count). The first-order valence-corrected chi connectivity index (χ1v) is 12.2. The first-order valence-electron chi connectivity index (χ1n) is 12.2. The monoisotopic (exact) mass is 631 g/mol. The topological polar surface area (TPSA) is 177 Å². The molecule has 0 aliphatic carbocycles. The number of phenols is 3. The number of aromatic hydroxyl groups is 3. The van der Waals surface area contributed by atoms with Gasteiger partial charge in [-0.15, -0.1) is 13.2 Å². The fourth-order valence-corrected chi connectivity index (χ4v) is 2.74. The van der Waals surface area contributed by atoms with Gasteiger partial charge in [0.25, 0.3) is 0 Å². The molecule has 0 unspecified atom stereocenters. The molecule has 0 radical (unpaired) electrons. The minimum absolute atomic E-state index is 0. The van der Waals surface area contributed by atoms with Crippen molar-refractivity contribution in [2.24, 2.45) is 5.41 Å². The molecule has 218 valence electrons. The Morgan fingerprint density at radius 1 is 0.700 bits per heavy atom. The smallest absolute Gasteiger partial charge is 0.117 e. The summed E-state index contributed by atoms with van der Waals surface area (Å²) in [5, 5.41) is 35.6. The van der Waals surface area contributed by atoms with E-state index in [1.807, 2.05) is 6.92 Å². The third-order valence-corrected chi connectivity index (χ3v) is 4.98. The van der Waals surface area contributed by atoms with E-state index >= 15 is 0 Å². The van der Waals surface area contributed by atoms with Crippen molar-refractivity contribution in [1.82, 2.24) is 0 Å². The van der Waals surface area contributed by atoms with Crippen LogP contribution in [0.4, 0.5) is 17.1 Å². The average Bonchev–Trinajstić information content (AvgIpc) is 2.89. The molecule has 40 heavy (non-hydrogen) atoms. The maximum Gasteiger partial charge on any atom is 0.117 e. The van der Waals surface area contributed by atoms with Gasteiger partial charge in [0.15, 0.2) is 0 Å². The summed E-state index contributed by atoms with van der Waals surface area (Å²) in [6.07, 6.45) is 4.21. The van der Waals surface area contributed by atoms with Gasteiger partial charge in [-0.2, -0.15) is 0 Å². The zero-order valence-electron chi connectivity index (χ0n) is 23.1. The number of nitrogen functional groups attached to an aromatic ring is 3. The second-order valence-electron chi connectivity index (χ2n) is 8.40. The number of rotatable bonds is 10. The molecule has 0 aliphatic heterocycles. The summed E-state index contributed by atoms with van der Waals surface area (Å²) in [6.45, 7) is 11.2. The summed E-state index contributed by atoms with van der Waals surface area (Å²) in [5.74, 6) is 0.639. The fraction of sp³-hybridized carbons (Fsp3) is 0.267. The average molecular weight is 633 g/mol. The largest absolute Gasteiger partial charge is 0.508 e. The number of nitrogens with two attached hydrogens (primary N) is 3. The molecule has 0 saturated heterocycles. The van der Waals surface area contributed by atoms with E-state index in [9.17, 15) is 5.11 Å². The second-order valence-corrected chi connectivity index (χ2v) is 8.40. The van der Waals surface area contributed by atoms with Gasteiger partial charge in [0.05, 0.1) is 33.0 Å². The van der Waals surface area contributed by atoms with Crippen LogP contribution in [0.25, 0.3) is 0 Å². The van der Waals surface area contributed by atoms with Gasteiger partial charge in [-0.1, -0.05) is 37.3 Å². The molecule has 9 nitrogen and oxygen atoms in total. The van der Waals surface area contributed by atoms with Crippen LogP contribution in [-0.2, 0) is 35.7 Å².